The van der Waals surface area contributed by atoms with E-state index in [0.29, 0.717) is 5.88 Å². The van der Waals surface area contributed by atoms with E-state index in [9.17, 15) is 0 Å². The molecule has 1 aromatic rings. The van der Waals surface area contributed by atoms with Crippen molar-refractivity contribution < 1.29 is 4.74 Å². The number of aromatic nitrogens is 2. The molecule has 2 heterocycles. The Bertz CT molecular complexity index is 396. The van der Waals surface area contributed by atoms with Crippen molar-refractivity contribution in [3.8, 4) is 5.88 Å². The Kier molecular flexibility index (Phi) is 3.32. The first-order valence-electron chi connectivity index (χ1n) is 6.52. The van der Waals surface area contributed by atoms with Crippen LogP contribution in [-0.2, 0) is 0 Å². The number of aryl methyl sites for hydroxylation is 1. The lowest BCUT2D eigenvalue weighted by molar-refractivity contribution is 0.0523. The summed E-state index contributed by atoms with van der Waals surface area (Å²) in [5.41, 5.74) is 1.09. The predicted octanol–water partition coefficient (Wildman–Crippen LogP) is 2.47. The smallest absolute Gasteiger partial charge is 0.233 e. The second-order valence-electron chi connectivity index (χ2n) is 6.55. The van der Waals surface area contributed by atoms with E-state index in [-0.39, 0.29) is 17.2 Å². The van der Waals surface area contributed by atoms with Crippen molar-refractivity contribution in [1.29, 1.82) is 0 Å². The predicted molar refractivity (Wildman–Crippen MR) is 71.7 cm³/mol. The van der Waals surface area contributed by atoms with E-state index in [1.54, 1.807) is 0 Å². The first-order chi connectivity index (χ1) is 8.26. The van der Waals surface area contributed by atoms with Gasteiger partial charge in [-0.25, -0.2) is 0 Å². The van der Waals surface area contributed by atoms with Crippen molar-refractivity contribution in [2.45, 2.75) is 64.6 Å². The summed E-state index contributed by atoms with van der Waals surface area (Å²) in [7, 11) is 0. The molecule has 2 rings (SSSR count). The molecular weight excluding hydrogens is 226 g/mol. The lowest BCUT2D eigenvalue weighted by Gasteiger charge is -2.46. The van der Waals surface area contributed by atoms with Gasteiger partial charge in [-0.2, -0.15) is 5.10 Å². The van der Waals surface area contributed by atoms with Gasteiger partial charge in [0.1, 0.15) is 6.10 Å². The van der Waals surface area contributed by atoms with Crippen LogP contribution < -0.4 is 10.1 Å². The fraction of sp³-hybridized carbons (Fsp3) is 0.714. The normalized spacial score (nSPS) is 22.7. The topological polar surface area (TPSA) is 47.0 Å². The van der Waals surface area contributed by atoms with Gasteiger partial charge in [-0.15, -0.1) is 5.10 Å². The molecule has 0 spiro atoms. The monoisotopic (exact) mass is 249 g/mol. The van der Waals surface area contributed by atoms with Crippen LogP contribution in [0, 0.1) is 6.92 Å². The Labute approximate surface area is 109 Å². The zero-order valence-corrected chi connectivity index (χ0v) is 11.9. The molecule has 4 nitrogen and oxygen atoms in total. The number of rotatable bonds is 2. The Morgan fingerprint density at radius 1 is 1.11 bits per heavy atom. The third-order valence-electron chi connectivity index (χ3n) is 3.21. The second-order valence-corrected chi connectivity index (χ2v) is 6.55. The van der Waals surface area contributed by atoms with Crippen molar-refractivity contribution in [3.63, 3.8) is 0 Å². The summed E-state index contributed by atoms with van der Waals surface area (Å²) >= 11 is 0. The SMILES string of the molecule is Cc1ccc(OC2CC(C)(C)NC(C)(C)C2)nn1. The summed E-state index contributed by atoms with van der Waals surface area (Å²) < 4.78 is 5.97. The zero-order valence-electron chi connectivity index (χ0n) is 11.9. The Morgan fingerprint density at radius 3 is 2.22 bits per heavy atom. The summed E-state index contributed by atoms with van der Waals surface area (Å²) in [4.78, 5) is 0. The fourth-order valence-electron chi connectivity index (χ4n) is 2.93. The molecule has 1 aliphatic rings. The summed E-state index contributed by atoms with van der Waals surface area (Å²) in [6, 6.07) is 3.82. The van der Waals surface area contributed by atoms with Gasteiger partial charge in [0.15, 0.2) is 0 Å². The van der Waals surface area contributed by atoms with E-state index >= 15 is 0 Å². The molecule has 1 saturated heterocycles. The molecule has 0 bridgehead atoms. The van der Waals surface area contributed by atoms with Gasteiger partial charge in [-0.1, -0.05) is 0 Å². The minimum Gasteiger partial charge on any atom is -0.473 e. The van der Waals surface area contributed by atoms with Gasteiger partial charge in [-0.3, -0.25) is 0 Å². The maximum Gasteiger partial charge on any atom is 0.233 e. The van der Waals surface area contributed by atoms with Crippen LogP contribution in [0.5, 0.6) is 5.88 Å². The van der Waals surface area contributed by atoms with Gasteiger partial charge in [0.05, 0.1) is 5.69 Å². The molecule has 0 aliphatic carbocycles. The molecule has 0 amide bonds. The molecule has 0 unspecified atom stereocenters. The van der Waals surface area contributed by atoms with E-state index in [1.807, 2.05) is 19.1 Å². The Balaban J connectivity index is 2.07. The van der Waals surface area contributed by atoms with Crippen LogP contribution in [0.25, 0.3) is 0 Å². The number of nitrogens with one attached hydrogen (secondary N) is 1. The van der Waals surface area contributed by atoms with Gasteiger partial charge in [0, 0.05) is 30.0 Å². The number of nitrogens with zero attached hydrogens (tertiary/aromatic N) is 2. The van der Waals surface area contributed by atoms with Crippen molar-refractivity contribution >= 4 is 0 Å². The number of ether oxygens (including phenoxy) is 1. The lowest BCUT2D eigenvalue weighted by atomic mass is 9.81. The van der Waals surface area contributed by atoms with Crippen LogP contribution in [0.1, 0.15) is 46.2 Å². The summed E-state index contributed by atoms with van der Waals surface area (Å²) in [5, 5.41) is 11.7. The molecule has 4 heteroatoms. The van der Waals surface area contributed by atoms with Gasteiger partial charge in [0.25, 0.3) is 0 Å². The fourth-order valence-corrected chi connectivity index (χ4v) is 2.93. The quantitative estimate of drug-likeness (QED) is 0.874. The summed E-state index contributed by atoms with van der Waals surface area (Å²) in [5.74, 6) is 0.624. The Morgan fingerprint density at radius 2 is 1.72 bits per heavy atom. The van der Waals surface area contributed by atoms with Crippen LogP contribution >= 0.6 is 0 Å². The van der Waals surface area contributed by atoms with Crippen LogP contribution in [0.15, 0.2) is 12.1 Å². The average molecular weight is 249 g/mol. The van der Waals surface area contributed by atoms with Gasteiger partial charge in [-0.05, 0) is 40.7 Å². The van der Waals surface area contributed by atoms with Crippen molar-refractivity contribution in [2.24, 2.45) is 0 Å². The van der Waals surface area contributed by atoms with Crippen molar-refractivity contribution in [1.82, 2.24) is 15.5 Å². The number of hydrogen-bond donors (Lipinski definition) is 1. The molecule has 18 heavy (non-hydrogen) atoms. The largest absolute Gasteiger partial charge is 0.473 e. The van der Waals surface area contributed by atoms with Gasteiger partial charge in [0.2, 0.25) is 5.88 Å². The molecule has 0 radical (unpaired) electrons. The molecule has 1 fully saturated rings. The van der Waals surface area contributed by atoms with E-state index < -0.39 is 0 Å². The van der Waals surface area contributed by atoms with Gasteiger partial charge >= 0.3 is 0 Å². The summed E-state index contributed by atoms with van der Waals surface area (Å²) in [6.07, 6.45) is 2.14. The molecule has 1 N–H and O–H groups in total. The molecule has 100 valence electrons. The van der Waals surface area contributed by atoms with Crippen molar-refractivity contribution in [2.75, 3.05) is 0 Å². The first-order valence-corrected chi connectivity index (χ1v) is 6.52. The highest BCUT2D eigenvalue weighted by atomic mass is 16.5. The first kappa shape index (κ1) is 13.3. The highest BCUT2D eigenvalue weighted by Gasteiger charge is 2.38. The minimum atomic E-state index is 0.0878. The molecule has 1 aliphatic heterocycles. The maximum absolute atomic E-state index is 5.97. The van der Waals surface area contributed by atoms with E-state index in [0.717, 1.165) is 18.5 Å². The second kappa shape index (κ2) is 4.50. The van der Waals surface area contributed by atoms with Gasteiger partial charge < -0.3 is 10.1 Å². The molecule has 0 atom stereocenters. The highest BCUT2D eigenvalue weighted by Crippen LogP contribution is 2.30. The molecule has 0 saturated carbocycles. The van der Waals surface area contributed by atoms with E-state index in [1.165, 1.54) is 0 Å². The highest BCUT2D eigenvalue weighted by molar-refractivity contribution is 5.11. The van der Waals surface area contributed by atoms with Crippen LogP contribution in [0.3, 0.4) is 0 Å². The zero-order chi connectivity index (χ0) is 13.4. The van der Waals surface area contributed by atoms with Crippen molar-refractivity contribution in [3.05, 3.63) is 17.8 Å². The van der Waals surface area contributed by atoms with Crippen LogP contribution in [-0.4, -0.2) is 27.4 Å². The van der Waals surface area contributed by atoms with Crippen LogP contribution in [0.4, 0.5) is 0 Å². The van der Waals surface area contributed by atoms with E-state index in [4.69, 9.17) is 4.74 Å². The average Bonchev–Trinajstić information content (AvgIpc) is 2.16. The number of hydrogen-bond acceptors (Lipinski definition) is 4. The third-order valence-corrected chi connectivity index (χ3v) is 3.21. The standard InChI is InChI=1S/C14H23N3O/c1-10-6-7-12(16-15-10)18-11-8-13(2,3)17-14(4,5)9-11/h6-7,11,17H,8-9H2,1-5H3. The molecular formula is C14H23N3O. The van der Waals surface area contributed by atoms with Crippen LogP contribution in [0.2, 0.25) is 0 Å². The minimum absolute atomic E-state index is 0.0878. The maximum atomic E-state index is 5.97. The summed E-state index contributed by atoms with van der Waals surface area (Å²) in [6.45, 7) is 10.8. The molecule has 0 aromatic carbocycles. The molecule has 1 aromatic heterocycles. The number of piperidine rings is 1. The Hall–Kier alpha value is -1.16. The lowest BCUT2D eigenvalue weighted by Crippen LogP contribution is -2.60. The third kappa shape index (κ3) is 3.42. The van der Waals surface area contributed by atoms with E-state index in [2.05, 4.69) is 43.2 Å².